The van der Waals surface area contributed by atoms with Gasteiger partial charge in [0.15, 0.2) is 0 Å². The van der Waals surface area contributed by atoms with Crippen LogP contribution in [0.3, 0.4) is 0 Å². The molecule has 0 aliphatic heterocycles. The van der Waals surface area contributed by atoms with Crippen LogP contribution >= 0.6 is 11.3 Å². The Labute approximate surface area is 139 Å². The zero-order valence-electron chi connectivity index (χ0n) is 13.2. The highest BCUT2D eigenvalue weighted by Crippen LogP contribution is 2.18. The number of nitrogens with one attached hydrogen (secondary N) is 1. The van der Waals surface area contributed by atoms with E-state index in [1.54, 1.807) is 0 Å². The van der Waals surface area contributed by atoms with Crippen LogP contribution in [0, 0.1) is 6.92 Å². The first-order chi connectivity index (χ1) is 11.0. The number of thiazole rings is 1. The maximum atomic E-state index is 12.2. The van der Waals surface area contributed by atoms with Crippen molar-refractivity contribution in [3.05, 3.63) is 51.5 Å². The van der Waals surface area contributed by atoms with E-state index in [9.17, 15) is 9.59 Å². The molecule has 1 unspecified atom stereocenters. The predicted molar refractivity (Wildman–Crippen MR) is 89.5 cm³/mol. The Morgan fingerprint density at radius 3 is 2.57 bits per heavy atom. The first kappa shape index (κ1) is 17.1. The number of carbonyl (C=O) groups is 2. The molecule has 0 fully saturated rings. The molecule has 0 spiro atoms. The maximum absolute atomic E-state index is 12.2. The summed E-state index contributed by atoms with van der Waals surface area (Å²) in [5, 5.41) is 14.7. The molecule has 1 heterocycles. The fourth-order valence-corrected chi connectivity index (χ4v) is 2.97. The van der Waals surface area contributed by atoms with E-state index in [0.717, 1.165) is 28.2 Å². The Hall–Kier alpha value is -2.21. The molecule has 6 heteroatoms. The second kappa shape index (κ2) is 7.87. The average Bonchev–Trinajstić information content (AvgIpc) is 2.94. The molecule has 1 aromatic heterocycles. The lowest BCUT2D eigenvalue weighted by molar-refractivity contribution is -0.137. The lowest BCUT2D eigenvalue weighted by Gasteiger charge is -2.17. The first-order valence-electron chi connectivity index (χ1n) is 7.49. The molecule has 0 radical (unpaired) electrons. The summed E-state index contributed by atoms with van der Waals surface area (Å²) < 4.78 is 0. The number of aliphatic carboxylic acids is 1. The van der Waals surface area contributed by atoms with Crippen LogP contribution < -0.4 is 5.32 Å². The number of hydrogen-bond acceptors (Lipinski definition) is 4. The standard InChI is InChI=1S/C17H20N2O3S/c1-3-16-18-13(10-23-16)8-15(20)19-14(9-17(21)22)12-6-4-11(2)5-7-12/h4-7,10,14H,3,8-9H2,1-2H3,(H,19,20)(H,21,22). The Bertz CT molecular complexity index is 679. The fourth-order valence-electron chi connectivity index (χ4n) is 2.23. The van der Waals surface area contributed by atoms with Crippen molar-refractivity contribution in [1.29, 1.82) is 0 Å². The summed E-state index contributed by atoms with van der Waals surface area (Å²) in [6.07, 6.45) is 0.863. The van der Waals surface area contributed by atoms with Gasteiger partial charge < -0.3 is 10.4 Å². The third kappa shape index (κ3) is 5.17. The number of amides is 1. The van der Waals surface area contributed by atoms with Gasteiger partial charge in [-0.3, -0.25) is 9.59 Å². The van der Waals surface area contributed by atoms with Crippen LogP contribution in [0.15, 0.2) is 29.6 Å². The van der Waals surface area contributed by atoms with E-state index in [4.69, 9.17) is 5.11 Å². The molecule has 23 heavy (non-hydrogen) atoms. The van der Waals surface area contributed by atoms with Crippen LogP contribution in [0.4, 0.5) is 0 Å². The molecule has 0 aliphatic carbocycles. The van der Waals surface area contributed by atoms with E-state index in [1.807, 2.05) is 43.5 Å². The smallest absolute Gasteiger partial charge is 0.305 e. The molecule has 0 bridgehead atoms. The number of aryl methyl sites for hydroxylation is 2. The van der Waals surface area contributed by atoms with Gasteiger partial charge in [0.05, 0.1) is 29.6 Å². The van der Waals surface area contributed by atoms with E-state index >= 15 is 0 Å². The summed E-state index contributed by atoms with van der Waals surface area (Å²) in [5.74, 6) is -1.16. The van der Waals surface area contributed by atoms with Crippen molar-refractivity contribution in [1.82, 2.24) is 10.3 Å². The number of carboxylic acid groups (broad SMARTS) is 1. The average molecular weight is 332 g/mol. The van der Waals surface area contributed by atoms with E-state index in [1.165, 1.54) is 11.3 Å². The highest BCUT2D eigenvalue weighted by Gasteiger charge is 2.18. The predicted octanol–water partition coefficient (Wildman–Crippen LogP) is 2.89. The highest BCUT2D eigenvalue weighted by molar-refractivity contribution is 7.09. The van der Waals surface area contributed by atoms with Gasteiger partial charge in [0.25, 0.3) is 0 Å². The van der Waals surface area contributed by atoms with Crippen molar-refractivity contribution in [2.24, 2.45) is 0 Å². The zero-order chi connectivity index (χ0) is 16.8. The number of aromatic nitrogens is 1. The van der Waals surface area contributed by atoms with Gasteiger partial charge in [-0.1, -0.05) is 36.8 Å². The molecule has 1 atom stereocenters. The molecule has 1 aromatic carbocycles. The Kier molecular flexibility index (Phi) is 5.87. The van der Waals surface area contributed by atoms with Crippen molar-refractivity contribution >= 4 is 23.2 Å². The molecule has 2 rings (SSSR count). The Morgan fingerprint density at radius 1 is 1.30 bits per heavy atom. The zero-order valence-corrected chi connectivity index (χ0v) is 14.0. The van der Waals surface area contributed by atoms with Crippen LogP contribution in [0.2, 0.25) is 0 Å². The van der Waals surface area contributed by atoms with Gasteiger partial charge in [-0.15, -0.1) is 11.3 Å². The lowest BCUT2D eigenvalue weighted by atomic mass is 10.0. The minimum atomic E-state index is -0.946. The van der Waals surface area contributed by atoms with Gasteiger partial charge >= 0.3 is 5.97 Å². The normalized spacial score (nSPS) is 11.9. The van der Waals surface area contributed by atoms with Gasteiger partial charge in [0.2, 0.25) is 5.91 Å². The first-order valence-corrected chi connectivity index (χ1v) is 8.37. The van der Waals surface area contributed by atoms with Crippen LogP contribution in [-0.2, 0) is 22.4 Å². The SMILES string of the molecule is CCc1nc(CC(=O)NC(CC(=O)O)c2ccc(C)cc2)cs1. The summed E-state index contributed by atoms with van der Waals surface area (Å²) >= 11 is 1.53. The van der Waals surface area contributed by atoms with Crippen LogP contribution in [0.25, 0.3) is 0 Å². The van der Waals surface area contributed by atoms with Crippen LogP contribution in [0.5, 0.6) is 0 Å². The van der Waals surface area contributed by atoms with Crippen molar-refractivity contribution in [2.45, 2.75) is 39.2 Å². The molecular formula is C17H20N2O3S. The van der Waals surface area contributed by atoms with Gasteiger partial charge in [-0.25, -0.2) is 4.98 Å². The summed E-state index contributed by atoms with van der Waals surface area (Å²) in [5.41, 5.74) is 2.60. The Morgan fingerprint density at radius 2 is 2.00 bits per heavy atom. The molecule has 0 aliphatic rings. The molecule has 1 amide bonds. The van der Waals surface area contributed by atoms with E-state index in [-0.39, 0.29) is 18.7 Å². The maximum Gasteiger partial charge on any atom is 0.305 e. The van der Waals surface area contributed by atoms with Crippen molar-refractivity contribution < 1.29 is 14.7 Å². The number of nitrogens with zero attached hydrogens (tertiary/aromatic N) is 1. The van der Waals surface area contributed by atoms with Crippen LogP contribution in [-0.4, -0.2) is 22.0 Å². The van der Waals surface area contributed by atoms with Gasteiger partial charge in [0, 0.05) is 5.38 Å². The van der Waals surface area contributed by atoms with Gasteiger partial charge in [-0.2, -0.15) is 0 Å². The molecule has 2 N–H and O–H groups in total. The number of carbonyl (C=O) groups excluding carboxylic acids is 1. The molecule has 2 aromatic rings. The number of benzene rings is 1. The molecule has 0 saturated carbocycles. The molecule has 122 valence electrons. The van der Waals surface area contributed by atoms with Crippen molar-refractivity contribution in [3.8, 4) is 0 Å². The molecule has 0 saturated heterocycles. The van der Waals surface area contributed by atoms with Crippen molar-refractivity contribution in [2.75, 3.05) is 0 Å². The van der Waals surface area contributed by atoms with Gasteiger partial charge in [-0.05, 0) is 18.9 Å². The fraction of sp³-hybridized carbons (Fsp3) is 0.353. The quantitative estimate of drug-likeness (QED) is 0.817. The Balaban J connectivity index is 2.05. The van der Waals surface area contributed by atoms with Crippen molar-refractivity contribution in [3.63, 3.8) is 0 Å². The molecular weight excluding hydrogens is 312 g/mol. The monoisotopic (exact) mass is 332 g/mol. The summed E-state index contributed by atoms with van der Waals surface area (Å²) in [6.45, 7) is 3.98. The van der Waals surface area contributed by atoms with Crippen LogP contribution in [0.1, 0.15) is 41.2 Å². The largest absolute Gasteiger partial charge is 0.481 e. The summed E-state index contributed by atoms with van der Waals surface area (Å²) in [7, 11) is 0. The van der Waals surface area contributed by atoms with Gasteiger partial charge in [0.1, 0.15) is 0 Å². The highest BCUT2D eigenvalue weighted by atomic mass is 32.1. The third-order valence-corrected chi connectivity index (χ3v) is 4.48. The number of hydrogen-bond donors (Lipinski definition) is 2. The van der Waals surface area contributed by atoms with E-state index < -0.39 is 12.0 Å². The van der Waals surface area contributed by atoms with E-state index in [0.29, 0.717) is 0 Å². The summed E-state index contributed by atoms with van der Waals surface area (Å²) in [6, 6.07) is 6.97. The number of rotatable bonds is 7. The molecule has 5 nitrogen and oxygen atoms in total. The topological polar surface area (TPSA) is 79.3 Å². The second-order valence-corrected chi connectivity index (χ2v) is 6.33. The minimum absolute atomic E-state index is 0.147. The minimum Gasteiger partial charge on any atom is -0.481 e. The van der Waals surface area contributed by atoms with E-state index in [2.05, 4.69) is 10.3 Å². The third-order valence-electron chi connectivity index (χ3n) is 3.44. The summed E-state index contributed by atoms with van der Waals surface area (Å²) in [4.78, 5) is 27.6. The second-order valence-electron chi connectivity index (χ2n) is 5.39. The lowest BCUT2D eigenvalue weighted by Crippen LogP contribution is -2.31. The number of carboxylic acids is 1.